The van der Waals surface area contributed by atoms with Crippen LogP contribution in [0.25, 0.3) is 0 Å². The average Bonchev–Trinajstić information content (AvgIpc) is 2.67. The quantitative estimate of drug-likeness (QED) is 0.895. The molecular formula is C15H21NO4S. The van der Waals surface area contributed by atoms with Gasteiger partial charge in [0.15, 0.2) is 0 Å². The number of nitrogens with one attached hydrogen (secondary N) is 1. The van der Waals surface area contributed by atoms with Crippen molar-refractivity contribution < 1.29 is 18.3 Å². The Bertz CT molecular complexity index is 664. The lowest BCUT2D eigenvalue weighted by atomic mass is 9.88. The first-order chi connectivity index (χ1) is 9.65. The first-order valence-electron chi connectivity index (χ1n) is 7.00. The van der Waals surface area contributed by atoms with Crippen molar-refractivity contribution in [2.24, 2.45) is 5.41 Å². The minimum atomic E-state index is -3.71. The lowest BCUT2D eigenvalue weighted by Gasteiger charge is -2.27. The van der Waals surface area contributed by atoms with Crippen LogP contribution in [-0.2, 0) is 10.0 Å². The second-order valence-corrected chi connectivity index (χ2v) is 7.97. The molecule has 21 heavy (non-hydrogen) atoms. The third-order valence-corrected chi connectivity index (χ3v) is 5.97. The summed E-state index contributed by atoms with van der Waals surface area (Å²) in [5.41, 5.74) is 0.211. The minimum absolute atomic E-state index is 0.0172. The molecule has 1 fully saturated rings. The van der Waals surface area contributed by atoms with E-state index in [1.165, 1.54) is 25.1 Å². The van der Waals surface area contributed by atoms with E-state index in [1.54, 1.807) is 0 Å². The number of sulfonamides is 1. The Balaban J connectivity index is 2.37. The monoisotopic (exact) mass is 311 g/mol. The van der Waals surface area contributed by atoms with E-state index in [0.29, 0.717) is 0 Å². The summed E-state index contributed by atoms with van der Waals surface area (Å²) in [5.74, 6) is -1.12. The Hall–Kier alpha value is -1.40. The Labute approximate surface area is 125 Å². The van der Waals surface area contributed by atoms with Crippen molar-refractivity contribution in [2.45, 2.75) is 51.0 Å². The van der Waals surface area contributed by atoms with Crippen LogP contribution in [-0.4, -0.2) is 25.5 Å². The zero-order chi connectivity index (χ0) is 15.8. The SMILES string of the molecule is Cc1c(C(=O)O)cccc1S(=O)(=O)NC1CCCC1(C)C. The van der Waals surface area contributed by atoms with Gasteiger partial charge < -0.3 is 5.11 Å². The molecule has 1 unspecified atom stereocenters. The van der Waals surface area contributed by atoms with E-state index in [0.717, 1.165) is 19.3 Å². The van der Waals surface area contributed by atoms with Gasteiger partial charge in [0, 0.05) is 6.04 Å². The maximum Gasteiger partial charge on any atom is 0.335 e. The highest BCUT2D eigenvalue weighted by Crippen LogP contribution is 2.38. The highest BCUT2D eigenvalue weighted by molar-refractivity contribution is 7.89. The van der Waals surface area contributed by atoms with E-state index >= 15 is 0 Å². The van der Waals surface area contributed by atoms with Crippen molar-refractivity contribution in [3.63, 3.8) is 0 Å². The summed E-state index contributed by atoms with van der Waals surface area (Å²) in [6.07, 6.45) is 2.78. The van der Waals surface area contributed by atoms with Crippen LogP contribution >= 0.6 is 0 Å². The molecule has 2 rings (SSSR count). The predicted molar refractivity (Wildman–Crippen MR) is 79.9 cm³/mol. The molecule has 0 aromatic heterocycles. The van der Waals surface area contributed by atoms with Gasteiger partial charge in [0.25, 0.3) is 0 Å². The van der Waals surface area contributed by atoms with E-state index in [-0.39, 0.29) is 27.5 Å². The van der Waals surface area contributed by atoms with Crippen LogP contribution in [0.3, 0.4) is 0 Å². The third kappa shape index (κ3) is 3.11. The van der Waals surface area contributed by atoms with Gasteiger partial charge >= 0.3 is 5.97 Å². The van der Waals surface area contributed by atoms with Crippen LogP contribution in [0.2, 0.25) is 0 Å². The number of carbonyl (C=O) groups is 1. The van der Waals surface area contributed by atoms with Gasteiger partial charge in [-0.2, -0.15) is 0 Å². The van der Waals surface area contributed by atoms with Gasteiger partial charge in [-0.3, -0.25) is 0 Å². The lowest BCUT2D eigenvalue weighted by Crippen LogP contribution is -2.41. The van der Waals surface area contributed by atoms with Crippen molar-refractivity contribution in [3.8, 4) is 0 Å². The summed E-state index contributed by atoms with van der Waals surface area (Å²) in [5, 5.41) is 9.11. The fraction of sp³-hybridized carbons (Fsp3) is 0.533. The molecule has 1 atom stereocenters. The molecule has 0 amide bonds. The van der Waals surface area contributed by atoms with Crippen LogP contribution in [0, 0.1) is 12.3 Å². The second-order valence-electron chi connectivity index (χ2n) is 6.29. The highest BCUT2D eigenvalue weighted by Gasteiger charge is 2.37. The molecule has 0 aliphatic heterocycles. The number of benzene rings is 1. The Kier molecular flexibility index (Phi) is 4.13. The van der Waals surface area contributed by atoms with Crippen molar-refractivity contribution in [3.05, 3.63) is 29.3 Å². The lowest BCUT2D eigenvalue weighted by molar-refractivity contribution is 0.0696. The van der Waals surface area contributed by atoms with Crippen molar-refractivity contribution in [2.75, 3.05) is 0 Å². The number of hydrogen-bond acceptors (Lipinski definition) is 3. The van der Waals surface area contributed by atoms with Crippen molar-refractivity contribution in [1.29, 1.82) is 0 Å². The van der Waals surface area contributed by atoms with Crippen LogP contribution in [0.1, 0.15) is 49.0 Å². The van der Waals surface area contributed by atoms with Crippen LogP contribution in [0.15, 0.2) is 23.1 Å². The summed E-state index contributed by atoms with van der Waals surface area (Å²) in [4.78, 5) is 11.2. The summed E-state index contributed by atoms with van der Waals surface area (Å²) < 4.78 is 27.9. The molecule has 0 radical (unpaired) electrons. The van der Waals surface area contributed by atoms with Gasteiger partial charge in [-0.15, -0.1) is 0 Å². The van der Waals surface area contributed by atoms with Crippen molar-refractivity contribution >= 4 is 16.0 Å². The summed E-state index contributed by atoms with van der Waals surface area (Å²) in [6, 6.07) is 4.21. The van der Waals surface area contributed by atoms with E-state index in [2.05, 4.69) is 4.72 Å². The Morgan fingerprint density at radius 1 is 1.38 bits per heavy atom. The van der Waals surface area contributed by atoms with E-state index in [9.17, 15) is 13.2 Å². The number of aromatic carboxylic acids is 1. The van der Waals surface area contributed by atoms with Crippen LogP contribution < -0.4 is 4.72 Å². The number of carboxylic acids is 1. The molecule has 0 bridgehead atoms. The van der Waals surface area contributed by atoms with Gasteiger partial charge in [-0.05, 0) is 42.9 Å². The average molecular weight is 311 g/mol. The number of rotatable bonds is 4. The predicted octanol–water partition coefficient (Wildman–Crippen LogP) is 2.55. The minimum Gasteiger partial charge on any atom is -0.478 e. The van der Waals surface area contributed by atoms with Gasteiger partial charge in [0.05, 0.1) is 10.5 Å². The molecule has 1 aliphatic carbocycles. The largest absolute Gasteiger partial charge is 0.478 e. The molecule has 2 N–H and O–H groups in total. The standard InChI is InChI=1S/C15H21NO4S/c1-10-11(14(17)18)6-4-7-12(10)21(19,20)16-13-8-5-9-15(13,2)3/h4,6-7,13,16H,5,8-9H2,1-3H3,(H,17,18). The number of hydrogen-bond donors (Lipinski definition) is 2. The zero-order valence-electron chi connectivity index (χ0n) is 12.5. The first kappa shape index (κ1) is 16.0. The highest BCUT2D eigenvalue weighted by atomic mass is 32.2. The van der Waals surface area contributed by atoms with E-state index < -0.39 is 16.0 Å². The molecule has 5 nitrogen and oxygen atoms in total. The zero-order valence-corrected chi connectivity index (χ0v) is 13.3. The van der Waals surface area contributed by atoms with Crippen LogP contribution in [0.5, 0.6) is 0 Å². The molecule has 0 spiro atoms. The Morgan fingerprint density at radius 2 is 2.05 bits per heavy atom. The molecule has 0 saturated heterocycles. The molecular weight excluding hydrogens is 290 g/mol. The molecule has 1 saturated carbocycles. The van der Waals surface area contributed by atoms with Crippen LogP contribution in [0.4, 0.5) is 0 Å². The van der Waals surface area contributed by atoms with Gasteiger partial charge in [-0.1, -0.05) is 26.3 Å². The summed E-state index contributed by atoms with van der Waals surface area (Å²) in [7, 11) is -3.71. The number of carboxylic acid groups (broad SMARTS) is 1. The summed E-state index contributed by atoms with van der Waals surface area (Å²) in [6.45, 7) is 5.62. The Morgan fingerprint density at radius 3 is 2.57 bits per heavy atom. The van der Waals surface area contributed by atoms with E-state index in [1.807, 2.05) is 13.8 Å². The maximum absolute atomic E-state index is 12.6. The van der Waals surface area contributed by atoms with Crippen molar-refractivity contribution in [1.82, 2.24) is 4.72 Å². The fourth-order valence-corrected chi connectivity index (χ4v) is 4.64. The molecule has 6 heteroatoms. The van der Waals surface area contributed by atoms with E-state index in [4.69, 9.17) is 5.11 Å². The molecule has 1 aromatic carbocycles. The summed E-state index contributed by atoms with van der Waals surface area (Å²) >= 11 is 0. The van der Waals surface area contributed by atoms with Gasteiger partial charge in [0.1, 0.15) is 0 Å². The first-order valence-corrected chi connectivity index (χ1v) is 8.49. The van der Waals surface area contributed by atoms with Gasteiger partial charge in [0.2, 0.25) is 10.0 Å². The third-order valence-electron chi connectivity index (χ3n) is 4.36. The smallest absolute Gasteiger partial charge is 0.335 e. The molecule has 116 valence electrons. The molecule has 0 heterocycles. The van der Waals surface area contributed by atoms with Gasteiger partial charge in [-0.25, -0.2) is 17.9 Å². The fourth-order valence-electron chi connectivity index (χ4n) is 2.93. The molecule has 1 aliphatic rings. The molecule has 1 aromatic rings. The topological polar surface area (TPSA) is 83.5 Å². The second kappa shape index (κ2) is 5.42. The maximum atomic E-state index is 12.6. The normalized spacial score (nSPS) is 21.4.